The van der Waals surface area contributed by atoms with E-state index in [2.05, 4.69) is 26.1 Å². The Bertz CT molecular complexity index is 2020. The number of nitrogens with zero attached hydrogens (tertiary/aromatic N) is 5. The quantitative estimate of drug-likeness (QED) is 0.208. The first kappa shape index (κ1) is 29.8. The maximum Gasteiger partial charge on any atom is 0.319 e. The van der Waals surface area contributed by atoms with Crippen molar-refractivity contribution < 1.29 is 27.8 Å². The summed E-state index contributed by atoms with van der Waals surface area (Å²) in [6.07, 6.45) is 11.0. The van der Waals surface area contributed by atoms with Crippen molar-refractivity contribution in [2.45, 2.75) is 69.4 Å². The maximum absolute atomic E-state index is 17.0. The first-order chi connectivity index (χ1) is 23.3. The van der Waals surface area contributed by atoms with Crippen LogP contribution in [-0.2, 0) is 0 Å². The highest BCUT2D eigenvalue weighted by molar-refractivity contribution is 6.04. The molecule has 248 valence electrons. The van der Waals surface area contributed by atoms with E-state index in [9.17, 15) is 13.9 Å². The van der Waals surface area contributed by atoms with Gasteiger partial charge in [0, 0.05) is 48.1 Å². The minimum absolute atomic E-state index is 0.0175. The van der Waals surface area contributed by atoms with Gasteiger partial charge >= 0.3 is 6.01 Å². The number of aromatic hydroxyl groups is 1. The van der Waals surface area contributed by atoms with Crippen molar-refractivity contribution in [3.8, 4) is 41.2 Å². The lowest BCUT2D eigenvalue weighted by Gasteiger charge is -2.40. The number of nitrogens with one attached hydrogen (secondary N) is 1. The molecular formula is C36H35F3N6O3. The van der Waals surface area contributed by atoms with E-state index in [-0.39, 0.29) is 82.1 Å². The van der Waals surface area contributed by atoms with Crippen LogP contribution in [0.5, 0.6) is 17.6 Å². The summed E-state index contributed by atoms with van der Waals surface area (Å²) in [5.41, 5.74) is -0.408. The second-order valence-electron chi connectivity index (χ2n) is 14.1. The fourth-order valence-corrected chi connectivity index (χ4v) is 8.21. The smallest absolute Gasteiger partial charge is 0.319 e. The van der Waals surface area contributed by atoms with Gasteiger partial charge in [-0.2, -0.15) is 9.97 Å². The monoisotopic (exact) mass is 656 g/mol. The lowest BCUT2D eigenvalue weighted by atomic mass is 9.95. The van der Waals surface area contributed by atoms with Crippen LogP contribution in [0, 0.1) is 29.4 Å². The van der Waals surface area contributed by atoms with E-state index in [1.165, 1.54) is 24.3 Å². The molecule has 4 atom stereocenters. The third kappa shape index (κ3) is 4.81. The number of rotatable bonds is 6. The van der Waals surface area contributed by atoms with Crippen LogP contribution in [0.3, 0.4) is 0 Å². The van der Waals surface area contributed by atoms with Crippen molar-refractivity contribution in [2.24, 2.45) is 5.41 Å². The normalized spacial score (nSPS) is 25.8. The van der Waals surface area contributed by atoms with Gasteiger partial charge in [-0.1, -0.05) is 12.0 Å². The molecule has 0 spiro atoms. The van der Waals surface area contributed by atoms with Crippen LogP contribution in [0.4, 0.5) is 19.0 Å². The molecule has 0 amide bonds. The van der Waals surface area contributed by atoms with E-state index in [1.54, 1.807) is 0 Å². The van der Waals surface area contributed by atoms with Crippen LogP contribution in [0.2, 0.25) is 0 Å². The Balaban J connectivity index is 1.19. The zero-order chi connectivity index (χ0) is 32.7. The number of phenolic OH excluding ortho intramolecular Hbond substituents is 1. The van der Waals surface area contributed by atoms with Gasteiger partial charge in [0.25, 0.3) is 0 Å². The number of ether oxygens (including phenoxy) is 2. The Labute approximate surface area is 275 Å². The van der Waals surface area contributed by atoms with Gasteiger partial charge < -0.3 is 24.8 Å². The molecule has 2 N–H and O–H groups in total. The number of alkyl halides is 1. The van der Waals surface area contributed by atoms with Gasteiger partial charge in [-0.15, -0.1) is 6.42 Å². The standard InChI is InChI=1S/C36H35F3N6O3/c1-2-22-24(37)8-6-19-13-21(46)14-23(28(19)22)31-30(39)32-29-33(45-15-20-7-9-25(40-20)26(45)16-47-34(29)41-31)43-35(42-32)48-18-36(10-11-36)17-44-12-4-3-5-27(44)38/h1,6,8,13-14,20,25-27,40,46H,3-5,7,9-12,15-18H2/t20-,25+,26-,27-/m1/s1. The van der Waals surface area contributed by atoms with Gasteiger partial charge in [0.05, 0.1) is 18.2 Å². The van der Waals surface area contributed by atoms with Crippen LogP contribution < -0.4 is 19.7 Å². The number of fused-ring (bicyclic) bond motifs is 6. The average molecular weight is 657 g/mol. The molecule has 48 heavy (non-hydrogen) atoms. The SMILES string of the molecule is C#Cc1c(F)ccc2cc(O)cc(-c3nc4c5c(nc(OCC6(CN7CCCC[C@@H]7F)CC6)nc5c3F)N3C[C@H]5CC[C@H](N5)[C@H]3CO4)c12. The molecule has 2 aromatic carbocycles. The molecule has 0 radical (unpaired) electrons. The topological polar surface area (TPSA) is 95.9 Å². The van der Waals surface area contributed by atoms with Gasteiger partial charge in [-0.05, 0) is 68.5 Å². The summed E-state index contributed by atoms with van der Waals surface area (Å²) >= 11 is 0. The van der Waals surface area contributed by atoms with Crippen LogP contribution in [0.25, 0.3) is 32.9 Å². The zero-order valence-corrected chi connectivity index (χ0v) is 26.3. The third-order valence-corrected chi connectivity index (χ3v) is 10.9. The molecule has 2 aromatic heterocycles. The van der Waals surface area contributed by atoms with Gasteiger partial charge in [0.1, 0.15) is 40.6 Å². The van der Waals surface area contributed by atoms with Crippen LogP contribution >= 0.6 is 0 Å². The van der Waals surface area contributed by atoms with Gasteiger partial charge in [-0.25, -0.2) is 18.2 Å². The fourth-order valence-electron chi connectivity index (χ4n) is 8.21. The molecule has 0 unspecified atom stereocenters. The van der Waals surface area contributed by atoms with E-state index in [0.717, 1.165) is 45.1 Å². The van der Waals surface area contributed by atoms with Gasteiger partial charge in [0.2, 0.25) is 5.88 Å². The summed E-state index contributed by atoms with van der Waals surface area (Å²) in [7, 11) is 0. The molecule has 1 saturated carbocycles. The van der Waals surface area contributed by atoms with Crippen molar-refractivity contribution in [2.75, 3.05) is 37.7 Å². The zero-order valence-electron chi connectivity index (χ0n) is 26.3. The average Bonchev–Trinajstić information content (AvgIpc) is 3.78. The maximum atomic E-state index is 17.0. The Hall–Kier alpha value is -4.34. The van der Waals surface area contributed by atoms with E-state index < -0.39 is 17.9 Å². The molecule has 9 rings (SSSR count). The van der Waals surface area contributed by atoms with Crippen LogP contribution in [0.1, 0.15) is 50.5 Å². The number of pyridine rings is 1. The summed E-state index contributed by atoms with van der Waals surface area (Å²) < 4.78 is 59.4. The summed E-state index contributed by atoms with van der Waals surface area (Å²) in [5.74, 6) is 1.41. The van der Waals surface area contributed by atoms with Crippen molar-refractivity contribution in [1.29, 1.82) is 0 Å². The fraction of sp³-hybridized carbons (Fsp3) is 0.472. The van der Waals surface area contributed by atoms with E-state index >= 15 is 4.39 Å². The van der Waals surface area contributed by atoms with Crippen molar-refractivity contribution in [3.05, 3.63) is 41.5 Å². The molecule has 4 aromatic rings. The number of hydrogen-bond donors (Lipinski definition) is 2. The molecule has 3 saturated heterocycles. The van der Waals surface area contributed by atoms with Gasteiger partial charge in [0.15, 0.2) is 12.1 Å². The molecular weight excluding hydrogens is 621 g/mol. The Morgan fingerprint density at radius 2 is 1.98 bits per heavy atom. The number of terminal acetylenes is 1. The number of hydrogen-bond acceptors (Lipinski definition) is 9. The lowest BCUT2D eigenvalue weighted by Crippen LogP contribution is -2.60. The Morgan fingerprint density at radius 3 is 2.79 bits per heavy atom. The highest BCUT2D eigenvalue weighted by Gasteiger charge is 2.47. The van der Waals surface area contributed by atoms with Crippen LogP contribution in [0.15, 0.2) is 24.3 Å². The number of piperidine rings is 1. The summed E-state index contributed by atoms with van der Waals surface area (Å²) in [6, 6.07) is 5.80. The molecule has 4 aliphatic heterocycles. The number of likely N-dealkylation sites (tertiary alicyclic amines) is 1. The first-order valence-electron chi connectivity index (χ1n) is 16.8. The lowest BCUT2D eigenvalue weighted by molar-refractivity contribution is 0.0209. The second-order valence-corrected chi connectivity index (χ2v) is 14.1. The number of aromatic nitrogens is 3. The highest BCUT2D eigenvalue weighted by atomic mass is 19.1. The summed E-state index contributed by atoms with van der Waals surface area (Å²) in [5, 5.41) is 15.3. The van der Waals surface area contributed by atoms with Crippen molar-refractivity contribution in [1.82, 2.24) is 25.2 Å². The predicted octanol–water partition coefficient (Wildman–Crippen LogP) is 5.45. The molecule has 12 heteroatoms. The van der Waals surface area contributed by atoms with E-state index in [1.807, 2.05) is 4.90 Å². The van der Waals surface area contributed by atoms with Crippen LogP contribution in [-0.4, -0.2) is 82.2 Å². The van der Waals surface area contributed by atoms with Crippen molar-refractivity contribution >= 4 is 27.5 Å². The third-order valence-electron chi connectivity index (χ3n) is 10.9. The molecule has 1 aliphatic carbocycles. The Kier molecular flexibility index (Phi) is 6.89. The molecule has 2 bridgehead atoms. The second kappa shape index (κ2) is 11.1. The molecule has 9 nitrogen and oxygen atoms in total. The minimum atomic E-state index is -0.947. The number of halogens is 3. The number of benzene rings is 2. The number of piperazine rings is 1. The van der Waals surface area contributed by atoms with E-state index in [0.29, 0.717) is 36.1 Å². The largest absolute Gasteiger partial charge is 0.508 e. The van der Waals surface area contributed by atoms with E-state index in [4.69, 9.17) is 20.9 Å². The predicted molar refractivity (Wildman–Crippen MR) is 174 cm³/mol. The number of phenols is 1. The summed E-state index contributed by atoms with van der Waals surface area (Å²) in [6.45, 7) is 2.53. The van der Waals surface area contributed by atoms with Crippen molar-refractivity contribution in [3.63, 3.8) is 0 Å². The first-order valence-corrected chi connectivity index (χ1v) is 16.8. The molecule has 6 heterocycles. The summed E-state index contributed by atoms with van der Waals surface area (Å²) in [4.78, 5) is 18.2. The highest BCUT2D eigenvalue weighted by Crippen LogP contribution is 2.48. The van der Waals surface area contributed by atoms with Gasteiger partial charge in [-0.3, -0.25) is 4.90 Å². The Morgan fingerprint density at radius 1 is 1.10 bits per heavy atom. The molecule has 4 fully saturated rings. The minimum Gasteiger partial charge on any atom is -0.508 e. The molecule has 5 aliphatic rings. The number of anilines is 1.